The van der Waals surface area contributed by atoms with Gasteiger partial charge in [-0.3, -0.25) is 4.79 Å². The standard InChI is InChI=1S/C22H27NO6S/c1-25-16-8-14(9-17(12-16)26-2)13-23-20(24)6-7-30-22(23)15-10-18(27-3)21(29-5)19(11-15)28-4/h8-12,22H,6-7,13H2,1-5H3. The molecule has 7 nitrogen and oxygen atoms in total. The van der Waals surface area contributed by atoms with Gasteiger partial charge in [-0.05, 0) is 35.4 Å². The minimum Gasteiger partial charge on any atom is -0.497 e. The van der Waals surface area contributed by atoms with Gasteiger partial charge < -0.3 is 28.6 Å². The molecule has 0 aromatic heterocycles. The fourth-order valence-corrected chi connectivity index (χ4v) is 4.68. The second-order valence-electron chi connectivity index (χ2n) is 6.67. The minimum absolute atomic E-state index is 0.0919. The molecule has 1 fully saturated rings. The maximum atomic E-state index is 12.9. The van der Waals surface area contributed by atoms with Gasteiger partial charge in [0.05, 0.1) is 35.5 Å². The summed E-state index contributed by atoms with van der Waals surface area (Å²) in [5.41, 5.74) is 1.84. The summed E-state index contributed by atoms with van der Waals surface area (Å²) < 4.78 is 27.2. The van der Waals surface area contributed by atoms with Crippen LogP contribution in [0.25, 0.3) is 0 Å². The number of carbonyl (C=O) groups is 1. The molecule has 1 aliphatic heterocycles. The van der Waals surface area contributed by atoms with E-state index in [4.69, 9.17) is 23.7 Å². The van der Waals surface area contributed by atoms with Gasteiger partial charge in [-0.25, -0.2) is 0 Å². The molecule has 1 heterocycles. The number of thioether (sulfide) groups is 1. The topological polar surface area (TPSA) is 66.5 Å². The van der Waals surface area contributed by atoms with E-state index in [0.717, 1.165) is 16.9 Å². The molecule has 0 aliphatic carbocycles. The van der Waals surface area contributed by atoms with Crippen LogP contribution in [0.2, 0.25) is 0 Å². The minimum atomic E-state index is -0.183. The van der Waals surface area contributed by atoms with E-state index in [1.165, 1.54) is 0 Å². The third-order valence-electron chi connectivity index (χ3n) is 4.93. The van der Waals surface area contributed by atoms with E-state index in [1.807, 2.05) is 35.2 Å². The van der Waals surface area contributed by atoms with Crippen LogP contribution in [0.1, 0.15) is 22.9 Å². The van der Waals surface area contributed by atoms with E-state index in [1.54, 1.807) is 47.3 Å². The molecule has 1 saturated heterocycles. The maximum absolute atomic E-state index is 12.9. The van der Waals surface area contributed by atoms with Gasteiger partial charge in [0.1, 0.15) is 16.9 Å². The molecule has 0 bridgehead atoms. The molecule has 1 atom stereocenters. The van der Waals surface area contributed by atoms with Crippen molar-refractivity contribution in [2.75, 3.05) is 41.3 Å². The van der Waals surface area contributed by atoms with Crippen LogP contribution in [-0.4, -0.2) is 52.1 Å². The van der Waals surface area contributed by atoms with E-state index >= 15 is 0 Å². The first kappa shape index (κ1) is 22.0. The predicted octanol–water partition coefficient (Wildman–Crippen LogP) is 3.89. The Morgan fingerprint density at radius 1 is 0.867 bits per heavy atom. The van der Waals surface area contributed by atoms with Gasteiger partial charge in [0.15, 0.2) is 11.5 Å². The maximum Gasteiger partial charge on any atom is 0.224 e. The number of amides is 1. The van der Waals surface area contributed by atoms with Crippen LogP contribution in [-0.2, 0) is 11.3 Å². The summed E-state index contributed by atoms with van der Waals surface area (Å²) in [5, 5.41) is -0.183. The van der Waals surface area contributed by atoms with Crippen molar-refractivity contribution >= 4 is 17.7 Å². The highest BCUT2D eigenvalue weighted by molar-refractivity contribution is 7.99. The van der Waals surface area contributed by atoms with E-state index in [-0.39, 0.29) is 11.3 Å². The molecule has 1 aliphatic rings. The fourth-order valence-electron chi connectivity index (χ4n) is 3.47. The lowest BCUT2D eigenvalue weighted by molar-refractivity contribution is -0.132. The van der Waals surface area contributed by atoms with Crippen LogP contribution in [0.15, 0.2) is 30.3 Å². The monoisotopic (exact) mass is 433 g/mol. The normalized spacial score (nSPS) is 16.2. The van der Waals surface area contributed by atoms with Crippen LogP contribution in [0.4, 0.5) is 0 Å². The van der Waals surface area contributed by atoms with Gasteiger partial charge in [0.25, 0.3) is 0 Å². The van der Waals surface area contributed by atoms with Gasteiger partial charge >= 0.3 is 0 Å². The van der Waals surface area contributed by atoms with E-state index < -0.39 is 0 Å². The van der Waals surface area contributed by atoms with E-state index in [2.05, 4.69) is 0 Å². The molecule has 0 saturated carbocycles. The number of carbonyl (C=O) groups excluding carboxylic acids is 1. The van der Waals surface area contributed by atoms with Crippen LogP contribution in [0, 0.1) is 0 Å². The highest BCUT2D eigenvalue weighted by Gasteiger charge is 2.31. The zero-order chi connectivity index (χ0) is 21.7. The Morgan fingerprint density at radius 3 is 1.97 bits per heavy atom. The first-order chi connectivity index (χ1) is 14.5. The van der Waals surface area contributed by atoms with Crippen molar-refractivity contribution in [2.45, 2.75) is 18.3 Å². The van der Waals surface area contributed by atoms with Crippen molar-refractivity contribution in [1.29, 1.82) is 0 Å². The second-order valence-corrected chi connectivity index (χ2v) is 7.86. The Labute approximate surface area is 181 Å². The Balaban J connectivity index is 1.99. The molecule has 1 unspecified atom stereocenters. The third kappa shape index (κ3) is 4.53. The van der Waals surface area contributed by atoms with Crippen molar-refractivity contribution in [2.24, 2.45) is 0 Å². The predicted molar refractivity (Wildman–Crippen MR) is 116 cm³/mol. The number of hydrogen-bond donors (Lipinski definition) is 0. The summed E-state index contributed by atoms with van der Waals surface area (Å²) in [6.07, 6.45) is 0.493. The summed E-state index contributed by atoms with van der Waals surface area (Å²) in [5.74, 6) is 3.87. The van der Waals surface area contributed by atoms with Crippen LogP contribution >= 0.6 is 11.8 Å². The molecule has 30 heavy (non-hydrogen) atoms. The molecule has 0 N–H and O–H groups in total. The van der Waals surface area contributed by atoms with Gasteiger partial charge in [-0.15, -0.1) is 11.8 Å². The Hall–Kier alpha value is -2.74. The zero-order valence-electron chi connectivity index (χ0n) is 17.9. The lowest BCUT2D eigenvalue weighted by Gasteiger charge is -2.36. The largest absolute Gasteiger partial charge is 0.497 e. The number of ether oxygens (including phenoxy) is 5. The van der Waals surface area contributed by atoms with Crippen molar-refractivity contribution in [1.82, 2.24) is 4.90 Å². The number of nitrogens with zero attached hydrogens (tertiary/aromatic N) is 1. The molecular weight excluding hydrogens is 406 g/mol. The summed E-state index contributed by atoms with van der Waals surface area (Å²) in [6, 6.07) is 9.45. The van der Waals surface area contributed by atoms with Crippen molar-refractivity contribution < 1.29 is 28.5 Å². The van der Waals surface area contributed by atoms with E-state index in [0.29, 0.717) is 41.7 Å². The second kappa shape index (κ2) is 9.84. The molecule has 0 spiro atoms. The summed E-state index contributed by atoms with van der Waals surface area (Å²) in [4.78, 5) is 14.8. The highest BCUT2D eigenvalue weighted by Crippen LogP contribution is 2.45. The summed E-state index contributed by atoms with van der Waals surface area (Å²) in [7, 11) is 7.96. The molecule has 2 aromatic rings. The number of benzene rings is 2. The van der Waals surface area contributed by atoms with Crippen molar-refractivity contribution in [3.8, 4) is 28.7 Å². The first-order valence-corrected chi connectivity index (χ1v) is 10.5. The van der Waals surface area contributed by atoms with Crippen LogP contribution in [0.3, 0.4) is 0 Å². The number of rotatable bonds is 8. The third-order valence-corrected chi connectivity index (χ3v) is 6.21. The quantitative estimate of drug-likeness (QED) is 0.626. The molecule has 2 aromatic carbocycles. The summed E-state index contributed by atoms with van der Waals surface area (Å²) >= 11 is 1.71. The molecular formula is C22H27NO6S. The number of hydrogen-bond acceptors (Lipinski definition) is 7. The smallest absolute Gasteiger partial charge is 0.224 e. The van der Waals surface area contributed by atoms with Gasteiger partial charge in [-0.2, -0.15) is 0 Å². The Bertz CT molecular complexity index is 856. The van der Waals surface area contributed by atoms with E-state index in [9.17, 15) is 4.79 Å². The molecule has 8 heteroatoms. The Kier molecular flexibility index (Phi) is 7.20. The lowest BCUT2D eigenvalue weighted by Crippen LogP contribution is -2.36. The molecule has 3 rings (SSSR count). The first-order valence-electron chi connectivity index (χ1n) is 9.47. The summed E-state index contributed by atoms with van der Waals surface area (Å²) in [6.45, 7) is 0.431. The van der Waals surface area contributed by atoms with Gasteiger partial charge in [-0.1, -0.05) is 0 Å². The van der Waals surface area contributed by atoms with Crippen LogP contribution < -0.4 is 23.7 Å². The van der Waals surface area contributed by atoms with Crippen LogP contribution in [0.5, 0.6) is 28.7 Å². The number of methoxy groups -OCH3 is 5. The fraction of sp³-hybridized carbons (Fsp3) is 0.409. The zero-order valence-corrected chi connectivity index (χ0v) is 18.7. The molecule has 0 radical (unpaired) electrons. The average molecular weight is 434 g/mol. The van der Waals surface area contributed by atoms with Gasteiger partial charge in [0, 0.05) is 24.8 Å². The average Bonchev–Trinajstić information content (AvgIpc) is 2.78. The van der Waals surface area contributed by atoms with Gasteiger partial charge in [0.2, 0.25) is 11.7 Å². The SMILES string of the molecule is COc1cc(CN2C(=O)CCSC2c2cc(OC)c(OC)c(OC)c2)cc(OC)c1. The van der Waals surface area contributed by atoms with Crippen molar-refractivity contribution in [3.63, 3.8) is 0 Å². The lowest BCUT2D eigenvalue weighted by atomic mass is 10.1. The molecule has 1 amide bonds. The highest BCUT2D eigenvalue weighted by atomic mass is 32.2. The van der Waals surface area contributed by atoms with Crippen molar-refractivity contribution in [3.05, 3.63) is 41.5 Å². The Morgan fingerprint density at radius 2 is 1.47 bits per heavy atom. The molecule has 162 valence electrons.